The molecule has 0 aliphatic carbocycles. The summed E-state index contributed by atoms with van der Waals surface area (Å²) in [5, 5.41) is 0. The molecule has 0 saturated carbocycles. The van der Waals surface area contributed by atoms with Gasteiger partial charge in [-0.25, -0.2) is 0 Å². The first-order valence-corrected chi connectivity index (χ1v) is 12.0. The molecule has 0 fully saturated rings. The first kappa shape index (κ1) is 22.0. The van der Waals surface area contributed by atoms with Crippen molar-refractivity contribution in [3.05, 3.63) is 41.3 Å². The largest absolute Gasteiger partial charge is 0.494 e. The molecule has 1 aromatic heterocycles. The van der Waals surface area contributed by atoms with E-state index in [4.69, 9.17) is 4.74 Å². The molecule has 0 atom stereocenters. The van der Waals surface area contributed by atoms with Crippen molar-refractivity contribution in [2.24, 2.45) is 0 Å². The van der Waals surface area contributed by atoms with Crippen molar-refractivity contribution in [3.8, 4) is 16.2 Å². The van der Waals surface area contributed by atoms with Gasteiger partial charge in [0.25, 0.3) is 0 Å². The third-order valence-electron chi connectivity index (χ3n) is 5.09. The second kappa shape index (κ2) is 13.8. The van der Waals surface area contributed by atoms with Crippen molar-refractivity contribution >= 4 is 11.3 Å². The van der Waals surface area contributed by atoms with Crippen molar-refractivity contribution in [1.82, 2.24) is 0 Å². The number of hydrogen-bond acceptors (Lipinski definition) is 2. The van der Waals surface area contributed by atoms with E-state index in [1.807, 2.05) is 11.3 Å². The molecular weight excluding hydrogens is 348 g/mol. The van der Waals surface area contributed by atoms with Gasteiger partial charge in [0.05, 0.1) is 6.61 Å². The van der Waals surface area contributed by atoms with Crippen molar-refractivity contribution in [1.29, 1.82) is 0 Å². The van der Waals surface area contributed by atoms with Gasteiger partial charge in [-0.1, -0.05) is 71.6 Å². The maximum absolute atomic E-state index is 5.91. The molecule has 0 amide bonds. The van der Waals surface area contributed by atoms with Crippen LogP contribution in [0.15, 0.2) is 36.4 Å². The van der Waals surface area contributed by atoms with Gasteiger partial charge in [0, 0.05) is 9.75 Å². The molecule has 0 aliphatic rings. The minimum atomic E-state index is 0.841. The number of hydrogen-bond donors (Lipinski definition) is 0. The van der Waals surface area contributed by atoms with Crippen LogP contribution in [0.4, 0.5) is 0 Å². The molecule has 0 aliphatic heterocycles. The first-order valence-electron chi connectivity index (χ1n) is 11.2. The second-order valence-corrected chi connectivity index (χ2v) is 8.74. The zero-order valence-corrected chi connectivity index (χ0v) is 18.3. The lowest BCUT2D eigenvalue weighted by atomic mass is 10.1. The third kappa shape index (κ3) is 8.97. The molecule has 2 rings (SSSR count). The van der Waals surface area contributed by atoms with Crippen LogP contribution < -0.4 is 4.74 Å². The SMILES string of the molecule is CCCCCCCCCOc1ccc(-c2ccc(CCCCCC)s2)cc1. The summed E-state index contributed by atoms with van der Waals surface area (Å²) >= 11 is 1.94. The average molecular weight is 387 g/mol. The fourth-order valence-corrected chi connectivity index (χ4v) is 4.41. The smallest absolute Gasteiger partial charge is 0.119 e. The van der Waals surface area contributed by atoms with Gasteiger partial charge in [-0.2, -0.15) is 0 Å². The Hall–Kier alpha value is -1.28. The highest BCUT2D eigenvalue weighted by atomic mass is 32.1. The Kier molecular flexibility index (Phi) is 11.3. The Bertz CT molecular complexity index is 599. The average Bonchev–Trinajstić information content (AvgIpc) is 3.17. The van der Waals surface area contributed by atoms with Gasteiger partial charge in [-0.3, -0.25) is 0 Å². The van der Waals surface area contributed by atoms with Gasteiger partial charge in [0.1, 0.15) is 5.75 Å². The van der Waals surface area contributed by atoms with Gasteiger partial charge < -0.3 is 4.74 Å². The molecule has 2 heteroatoms. The molecule has 1 heterocycles. The van der Waals surface area contributed by atoms with Crippen LogP contribution in [0.2, 0.25) is 0 Å². The monoisotopic (exact) mass is 386 g/mol. The van der Waals surface area contributed by atoms with Crippen molar-refractivity contribution < 1.29 is 4.74 Å². The van der Waals surface area contributed by atoms with Crippen LogP contribution in [0.1, 0.15) is 89.4 Å². The van der Waals surface area contributed by atoms with Crippen LogP contribution in [-0.2, 0) is 6.42 Å². The van der Waals surface area contributed by atoms with Crippen LogP contribution in [0.25, 0.3) is 10.4 Å². The highest BCUT2D eigenvalue weighted by Gasteiger charge is 2.04. The summed E-state index contributed by atoms with van der Waals surface area (Å²) in [5.74, 6) is 1.00. The Balaban J connectivity index is 1.66. The topological polar surface area (TPSA) is 9.23 Å². The number of aryl methyl sites for hydroxylation is 1. The zero-order valence-electron chi connectivity index (χ0n) is 17.5. The highest BCUT2D eigenvalue weighted by molar-refractivity contribution is 7.15. The van der Waals surface area contributed by atoms with Crippen LogP contribution in [-0.4, -0.2) is 6.61 Å². The molecule has 1 aromatic carbocycles. The maximum Gasteiger partial charge on any atom is 0.119 e. The van der Waals surface area contributed by atoms with E-state index in [0.29, 0.717) is 0 Å². The first-order chi connectivity index (χ1) is 13.3. The van der Waals surface area contributed by atoms with Crippen molar-refractivity contribution in [3.63, 3.8) is 0 Å². The predicted octanol–water partition coefficient (Wildman–Crippen LogP) is 8.67. The van der Waals surface area contributed by atoms with Gasteiger partial charge in [0.2, 0.25) is 0 Å². The van der Waals surface area contributed by atoms with E-state index in [1.165, 1.54) is 92.4 Å². The Morgan fingerprint density at radius 1 is 0.667 bits per heavy atom. The molecule has 150 valence electrons. The van der Waals surface area contributed by atoms with E-state index in [9.17, 15) is 0 Å². The fourth-order valence-electron chi connectivity index (χ4n) is 3.36. The highest BCUT2D eigenvalue weighted by Crippen LogP contribution is 2.30. The van der Waals surface area contributed by atoms with E-state index in [0.717, 1.165) is 12.4 Å². The standard InChI is InChI=1S/C25H38OS/c1-3-5-7-9-10-11-13-21-26-23-17-15-22(16-18-23)25-20-19-24(27-25)14-12-8-6-4-2/h15-20H,3-14,21H2,1-2H3. The summed E-state index contributed by atoms with van der Waals surface area (Å²) in [4.78, 5) is 2.89. The van der Waals surface area contributed by atoms with E-state index in [-0.39, 0.29) is 0 Å². The summed E-state index contributed by atoms with van der Waals surface area (Å²) in [7, 11) is 0. The van der Waals surface area contributed by atoms with E-state index < -0.39 is 0 Å². The molecule has 0 saturated heterocycles. The zero-order chi connectivity index (χ0) is 19.2. The van der Waals surface area contributed by atoms with Crippen LogP contribution in [0, 0.1) is 0 Å². The Morgan fingerprint density at radius 3 is 2.00 bits per heavy atom. The minimum absolute atomic E-state index is 0.841. The number of thiophene rings is 1. The number of rotatable bonds is 15. The quantitative estimate of drug-likeness (QED) is 0.278. The lowest BCUT2D eigenvalue weighted by Crippen LogP contribution is -1.97. The molecule has 0 spiro atoms. The summed E-state index contributed by atoms with van der Waals surface area (Å²) in [5.41, 5.74) is 1.31. The fraction of sp³-hybridized carbons (Fsp3) is 0.600. The minimum Gasteiger partial charge on any atom is -0.494 e. The summed E-state index contributed by atoms with van der Waals surface area (Å²) in [6.07, 6.45) is 15.9. The van der Waals surface area contributed by atoms with E-state index >= 15 is 0 Å². The van der Waals surface area contributed by atoms with Crippen LogP contribution >= 0.6 is 11.3 Å². The van der Waals surface area contributed by atoms with E-state index in [1.54, 1.807) is 0 Å². The molecule has 1 nitrogen and oxygen atoms in total. The Labute approximate surface area is 171 Å². The molecule has 2 aromatic rings. The molecule has 0 N–H and O–H groups in total. The number of unbranched alkanes of at least 4 members (excludes halogenated alkanes) is 9. The lowest BCUT2D eigenvalue weighted by Gasteiger charge is -2.07. The van der Waals surface area contributed by atoms with Crippen molar-refractivity contribution in [2.45, 2.75) is 90.9 Å². The van der Waals surface area contributed by atoms with Gasteiger partial charge in [0.15, 0.2) is 0 Å². The van der Waals surface area contributed by atoms with Crippen LogP contribution in [0.5, 0.6) is 5.75 Å². The normalized spacial score (nSPS) is 11.0. The van der Waals surface area contributed by atoms with Crippen LogP contribution in [0.3, 0.4) is 0 Å². The lowest BCUT2D eigenvalue weighted by molar-refractivity contribution is 0.304. The Morgan fingerprint density at radius 2 is 1.30 bits per heavy atom. The number of ether oxygens (including phenoxy) is 1. The third-order valence-corrected chi connectivity index (χ3v) is 6.29. The summed E-state index contributed by atoms with van der Waals surface area (Å²) in [6, 6.07) is 13.2. The van der Waals surface area contributed by atoms with Gasteiger partial charge in [-0.15, -0.1) is 11.3 Å². The van der Waals surface area contributed by atoms with Gasteiger partial charge >= 0.3 is 0 Å². The summed E-state index contributed by atoms with van der Waals surface area (Å²) in [6.45, 7) is 5.38. The number of benzene rings is 1. The van der Waals surface area contributed by atoms with Crippen molar-refractivity contribution in [2.75, 3.05) is 6.61 Å². The molecule has 0 unspecified atom stereocenters. The molecule has 0 bridgehead atoms. The summed E-state index contributed by atoms with van der Waals surface area (Å²) < 4.78 is 5.91. The maximum atomic E-state index is 5.91. The second-order valence-electron chi connectivity index (χ2n) is 7.57. The molecule has 27 heavy (non-hydrogen) atoms. The molecular formula is C25H38OS. The predicted molar refractivity (Wildman–Crippen MR) is 121 cm³/mol. The molecule has 0 radical (unpaired) electrons. The van der Waals surface area contributed by atoms with E-state index in [2.05, 4.69) is 50.2 Å². The van der Waals surface area contributed by atoms with Gasteiger partial charge in [-0.05, 0) is 61.2 Å².